The maximum atomic E-state index is 12.9. The number of carbonyl (C=O) groups is 1. The van der Waals surface area contributed by atoms with Gasteiger partial charge in [-0.25, -0.2) is 0 Å². The summed E-state index contributed by atoms with van der Waals surface area (Å²) in [5, 5.41) is 0. The van der Waals surface area contributed by atoms with Gasteiger partial charge >= 0.3 is 186 Å². The summed E-state index contributed by atoms with van der Waals surface area (Å²) in [6.07, 6.45) is 2.45. The SMILES string of the molecule is CC(C)I(CCCc1ccnc(-c2cccc(OCC(F)(F)F)c2)c1)C(=O)c1cn(C)cn1. The van der Waals surface area contributed by atoms with Crippen LogP contribution in [0, 0.1) is 0 Å². The van der Waals surface area contributed by atoms with E-state index in [-0.39, 0.29) is 9.54 Å². The molecule has 3 rings (SSSR count). The molecule has 2 aromatic heterocycles. The van der Waals surface area contributed by atoms with Crippen LogP contribution in [0.2, 0.25) is 0 Å². The predicted octanol–water partition coefficient (Wildman–Crippen LogP) is 6.11. The van der Waals surface area contributed by atoms with Gasteiger partial charge in [0, 0.05) is 0 Å². The first-order valence-electron chi connectivity index (χ1n) is 10.5. The van der Waals surface area contributed by atoms with Crippen molar-refractivity contribution in [3.05, 3.63) is 66.4 Å². The minimum atomic E-state index is -4.39. The number of carbonyl (C=O) groups excluding carboxylic acids is 1. The van der Waals surface area contributed by atoms with Gasteiger partial charge in [-0.05, 0) is 0 Å². The second kappa shape index (κ2) is 11.1. The van der Waals surface area contributed by atoms with Crippen molar-refractivity contribution in [2.24, 2.45) is 7.05 Å². The van der Waals surface area contributed by atoms with E-state index in [4.69, 9.17) is 4.74 Å². The van der Waals surface area contributed by atoms with E-state index in [1.807, 2.05) is 19.2 Å². The fourth-order valence-electron chi connectivity index (χ4n) is 3.25. The second-order valence-electron chi connectivity index (χ2n) is 7.88. The monoisotopic (exact) mass is 573 g/mol. The van der Waals surface area contributed by atoms with Crippen molar-refractivity contribution < 1.29 is 22.7 Å². The summed E-state index contributed by atoms with van der Waals surface area (Å²) in [5.41, 5.74) is 3.01. The van der Waals surface area contributed by atoms with Crippen molar-refractivity contribution in [2.45, 2.75) is 36.8 Å². The van der Waals surface area contributed by atoms with Gasteiger partial charge in [-0.15, -0.1) is 0 Å². The molecule has 178 valence electrons. The van der Waals surface area contributed by atoms with Crippen LogP contribution in [0.5, 0.6) is 5.75 Å². The summed E-state index contributed by atoms with van der Waals surface area (Å²) in [7, 11) is 1.86. The van der Waals surface area contributed by atoms with Crippen molar-refractivity contribution in [2.75, 3.05) is 11.0 Å². The Morgan fingerprint density at radius 2 is 1.97 bits per heavy atom. The van der Waals surface area contributed by atoms with Gasteiger partial charge in [0.15, 0.2) is 0 Å². The summed E-state index contributed by atoms with van der Waals surface area (Å²) in [6.45, 7) is 2.90. The van der Waals surface area contributed by atoms with Gasteiger partial charge in [0.1, 0.15) is 0 Å². The Morgan fingerprint density at radius 1 is 1.18 bits per heavy atom. The number of hydrogen-bond donors (Lipinski definition) is 0. The average Bonchev–Trinajstić information content (AvgIpc) is 3.21. The molecule has 3 aromatic rings. The Morgan fingerprint density at radius 3 is 2.64 bits per heavy atom. The van der Waals surface area contributed by atoms with E-state index in [1.165, 1.54) is 6.07 Å². The topological polar surface area (TPSA) is 57.0 Å². The van der Waals surface area contributed by atoms with E-state index in [0.29, 0.717) is 20.9 Å². The van der Waals surface area contributed by atoms with Gasteiger partial charge in [0.05, 0.1) is 0 Å². The Labute approximate surface area is 198 Å². The van der Waals surface area contributed by atoms with E-state index >= 15 is 0 Å². The van der Waals surface area contributed by atoms with Crippen LogP contribution < -0.4 is 4.74 Å². The molecule has 0 bridgehead atoms. The zero-order chi connectivity index (χ0) is 24.0. The van der Waals surface area contributed by atoms with Gasteiger partial charge in [0.2, 0.25) is 0 Å². The number of nitrogens with zero attached hydrogens (tertiary/aromatic N) is 3. The standard InChI is InChI=1S/C24H27F3IN3O2/c1-17(2)28(23(32)22-14-31(3)16-30-22)10-5-6-18-9-11-29-21(12-18)19-7-4-8-20(13-19)33-15-24(25,26)27/h4,7-9,11-14,16-17H,5-6,10,15H2,1-3H3. The van der Waals surface area contributed by atoms with E-state index in [1.54, 1.807) is 41.5 Å². The Hall–Kier alpha value is -2.43. The van der Waals surface area contributed by atoms with Crippen LogP contribution in [0.4, 0.5) is 13.2 Å². The third-order valence-electron chi connectivity index (χ3n) is 4.81. The molecule has 0 radical (unpaired) electrons. The Balaban J connectivity index is 1.63. The van der Waals surface area contributed by atoms with Crippen molar-refractivity contribution in [3.63, 3.8) is 0 Å². The molecule has 5 nitrogen and oxygen atoms in total. The van der Waals surface area contributed by atoms with Crippen LogP contribution in [0.25, 0.3) is 11.3 Å². The molecule has 0 amide bonds. The molecule has 1 aromatic carbocycles. The molecule has 9 heteroatoms. The number of rotatable bonds is 10. The van der Waals surface area contributed by atoms with Crippen LogP contribution in [-0.2, 0) is 13.5 Å². The van der Waals surface area contributed by atoms with E-state index < -0.39 is 32.6 Å². The fraction of sp³-hybridized carbons (Fsp3) is 0.375. The summed E-state index contributed by atoms with van der Waals surface area (Å²) < 4.78 is 45.4. The van der Waals surface area contributed by atoms with E-state index in [0.717, 1.165) is 22.8 Å². The van der Waals surface area contributed by atoms with Crippen LogP contribution in [0.1, 0.15) is 36.3 Å². The van der Waals surface area contributed by atoms with E-state index in [2.05, 4.69) is 23.8 Å². The number of ether oxygens (including phenoxy) is 1. The zero-order valence-corrected chi connectivity index (χ0v) is 20.9. The van der Waals surface area contributed by atoms with Crippen LogP contribution in [-0.4, -0.2) is 39.5 Å². The summed E-state index contributed by atoms with van der Waals surface area (Å²) >= 11 is -1.90. The minimum absolute atomic E-state index is 0.150. The third-order valence-corrected chi connectivity index (χ3v) is 11.6. The molecule has 33 heavy (non-hydrogen) atoms. The molecule has 0 aliphatic heterocycles. The zero-order valence-electron chi connectivity index (χ0n) is 18.8. The Bertz CT molecular complexity index is 1080. The number of pyridine rings is 1. The third kappa shape index (κ3) is 7.55. The van der Waals surface area contributed by atoms with Crippen LogP contribution >= 0.6 is 19.8 Å². The quantitative estimate of drug-likeness (QED) is 0.167. The van der Waals surface area contributed by atoms with Gasteiger partial charge in [-0.2, -0.15) is 13.2 Å². The average molecular weight is 573 g/mol. The number of alkyl halides is 5. The molecule has 0 aliphatic rings. The second-order valence-corrected chi connectivity index (χ2v) is 14.7. The fourth-order valence-corrected chi connectivity index (χ4v) is 8.31. The summed E-state index contributed by atoms with van der Waals surface area (Å²) in [5.74, 6) is 0.150. The number of imidazole rings is 1. The Kier molecular flexibility index (Phi) is 8.50. The maximum absolute atomic E-state index is 12.9. The first kappa shape index (κ1) is 25.2. The van der Waals surface area contributed by atoms with Gasteiger partial charge < -0.3 is 0 Å². The molecule has 0 aliphatic carbocycles. The molecular formula is C24H27F3IN3O2. The summed E-state index contributed by atoms with van der Waals surface area (Å²) in [6, 6.07) is 10.4. The van der Waals surface area contributed by atoms with Crippen molar-refractivity contribution in [3.8, 4) is 17.0 Å². The predicted molar refractivity (Wildman–Crippen MR) is 131 cm³/mol. The normalized spacial score (nSPS) is 12.2. The number of benzene rings is 1. The molecular weight excluding hydrogens is 546 g/mol. The van der Waals surface area contributed by atoms with Gasteiger partial charge in [-0.3, -0.25) is 0 Å². The first-order valence-corrected chi connectivity index (χ1v) is 14.4. The van der Waals surface area contributed by atoms with Crippen LogP contribution in [0.15, 0.2) is 55.1 Å². The number of hydrogen-bond acceptors (Lipinski definition) is 4. The molecule has 0 saturated heterocycles. The number of halogens is 4. The van der Waals surface area contributed by atoms with Crippen molar-refractivity contribution in [1.29, 1.82) is 0 Å². The molecule has 0 unspecified atom stereocenters. The van der Waals surface area contributed by atoms with Gasteiger partial charge in [-0.1, -0.05) is 0 Å². The van der Waals surface area contributed by atoms with Crippen LogP contribution in [0.3, 0.4) is 0 Å². The number of aromatic nitrogens is 3. The van der Waals surface area contributed by atoms with E-state index in [9.17, 15) is 18.0 Å². The molecule has 0 spiro atoms. The summed E-state index contributed by atoms with van der Waals surface area (Å²) in [4.78, 5) is 21.5. The van der Waals surface area contributed by atoms with Gasteiger partial charge in [0.25, 0.3) is 0 Å². The first-order chi connectivity index (χ1) is 15.6. The molecule has 0 N–H and O–H groups in total. The molecule has 0 atom stereocenters. The number of aryl methyl sites for hydroxylation is 2. The molecule has 0 fully saturated rings. The molecule has 2 heterocycles. The van der Waals surface area contributed by atoms with Crippen molar-refractivity contribution in [1.82, 2.24) is 14.5 Å². The van der Waals surface area contributed by atoms with Crippen molar-refractivity contribution >= 4 is 23.6 Å². The molecule has 0 saturated carbocycles.